The Morgan fingerprint density at radius 3 is 2.30 bits per heavy atom. The average Bonchev–Trinajstić information content (AvgIpc) is 3.52. The van der Waals surface area contributed by atoms with Crippen LogP contribution in [0, 0.1) is 0 Å². The molecule has 0 amide bonds. The lowest BCUT2D eigenvalue weighted by atomic mass is 9.98. The van der Waals surface area contributed by atoms with Crippen molar-refractivity contribution in [3.63, 3.8) is 0 Å². The highest BCUT2D eigenvalue weighted by molar-refractivity contribution is 6.90. The van der Waals surface area contributed by atoms with Gasteiger partial charge in [-0.25, -0.2) is 0 Å². The van der Waals surface area contributed by atoms with Gasteiger partial charge in [0.25, 0.3) is 0 Å². The lowest BCUT2D eigenvalue weighted by molar-refractivity contribution is 0.243. The van der Waals surface area contributed by atoms with E-state index in [9.17, 15) is 0 Å². The minimum absolute atomic E-state index is 0.0764. The van der Waals surface area contributed by atoms with Crippen LogP contribution in [0.2, 0.25) is 11.1 Å². The molecule has 1 saturated carbocycles. The topological polar surface area (TPSA) is 22.1 Å². The monoisotopic (exact) mass is 421 g/mol. The third-order valence-corrected chi connectivity index (χ3v) is 12.6. The Hall–Kier alpha value is -1.45. The smallest absolute Gasteiger partial charge is 0.232 e. The highest BCUT2D eigenvalue weighted by atomic mass is 28.4. The Morgan fingerprint density at radius 2 is 1.70 bits per heavy atom. The first-order valence-electron chi connectivity index (χ1n) is 12.3. The lowest BCUT2D eigenvalue weighted by Crippen LogP contribution is -2.54. The fourth-order valence-electron chi connectivity index (χ4n) is 5.50. The van der Waals surface area contributed by atoms with Gasteiger partial charge in [-0.3, -0.25) is 4.98 Å². The van der Waals surface area contributed by atoms with Gasteiger partial charge in [-0.15, -0.1) is 0 Å². The molecule has 1 atom stereocenters. The van der Waals surface area contributed by atoms with Crippen LogP contribution in [0.25, 0.3) is 0 Å². The molecule has 0 unspecified atom stereocenters. The Kier molecular flexibility index (Phi) is 6.50. The summed E-state index contributed by atoms with van der Waals surface area (Å²) in [6, 6.07) is 13.4. The Balaban J connectivity index is 1.86. The molecule has 1 fully saturated rings. The third-order valence-electron chi connectivity index (χ3n) is 7.21. The van der Waals surface area contributed by atoms with Crippen molar-refractivity contribution in [3.8, 4) is 0 Å². The molecular formula is C27H39NOSi. The zero-order chi connectivity index (χ0) is 21.3. The molecule has 0 N–H and O–H groups in total. The molecule has 2 nitrogen and oxygen atoms in total. The molecule has 0 radical (unpaired) electrons. The van der Waals surface area contributed by atoms with Crippen LogP contribution in [0.5, 0.6) is 0 Å². The number of aryl methyl sites for hydroxylation is 1. The number of pyridine rings is 1. The number of hydrogen-bond donors (Lipinski definition) is 0. The molecule has 1 aliphatic heterocycles. The van der Waals surface area contributed by atoms with E-state index in [-0.39, 0.29) is 6.10 Å². The van der Waals surface area contributed by atoms with Crippen LogP contribution in [0.1, 0.15) is 108 Å². The van der Waals surface area contributed by atoms with Crippen molar-refractivity contribution < 1.29 is 4.43 Å². The number of hydrogen-bond acceptors (Lipinski definition) is 2. The van der Waals surface area contributed by atoms with Crippen molar-refractivity contribution in [2.24, 2.45) is 0 Å². The Morgan fingerprint density at radius 1 is 1.00 bits per heavy atom. The molecule has 1 aromatic carbocycles. The Bertz CT molecular complexity index is 849. The highest BCUT2D eigenvalue weighted by Crippen LogP contribution is 2.48. The second kappa shape index (κ2) is 8.96. The van der Waals surface area contributed by atoms with Gasteiger partial charge in [-0.05, 0) is 59.1 Å². The molecule has 0 spiro atoms. The van der Waals surface area contributed by atoms with Crippen LogP contribution < -0.4 is 5.19 Å². The number of benzene rings is 1. The van der Waals surface area contributed by atoms with E-state index in [1.807, 2.05) is 0 Å². The van der Waals surface area contributed by atoms with Crippen LogP contribution in [0.3, 0.4) is 0 Å². The number of aromatic nitrogens is 1. The normalized spacial score (nSPS) is 20.2. The maximum absolute atomic E-state index is 7.25. The number of unbranched alkanes of at least 4 members (excludes halogenated alkanes) is 3. The number of fused-ring (bicyclic) bond motifs is 1. The van der Waals surface area contributed by atoms with Crippen LogP contribution in [-0.2, 0) is 10.8 Å². The molecule has 1 aromatic heterocycles. The summed E-state index contributed by atoms with van der Waals surface area (Å²) in [6.45, 7) is 11.8. The summed E-state index contributed by atoms with van der Waals surface area (Å²) in [7, 11) is -2.17. The molecule has 2 aromatic rings. The van der Waals surface area contributed by atoms with Gasteiger partial charge in [0.15, 0.2) is 0 Å². The summed E-state index contributed by atoms with van der Waals surface area (Å²) >= 11 is 0. The van der Waals surface area contributed by atoms with Crippen molar-refractivity contribution in [3.05, 3.63) is 58.9 Å². The first kappa shape index (κ1) is 21.8. The quantitative estimate of drug-likeness (QED) is 0.316. The minimum Gasteiger partial charge on any atom is -0.401 e. The molecule has 3 heteroatoms. The molecular weight excluding hydrogens is 382 g/mol. The molecule has 4 rings (SSSR count). The SMILES string of the molecule is CCCCCCc1nc(C2CC2)cc2c1[Si](C(C)C)(C(C)C)O[C@H]2c1ccccc1. The maximum Gasteiger partial charge on any atom is 0.232 e. The number of rotatable bonds is 9. The standard InChI is InChI=1S/C27H39NOSi/c1-6-7-8-12-15-24-27-23(18-25(28-24)21-16-17-21)26(22-13-10-9-11-14-22)29-30(27,19(2)3)20(4)5/h9-11,13-14,18-21,26H,6-8,12,15-17H2,1-5H3/t26-/m0/s1. The van der Waals surface area contributed by atoms with Crippen LogP contribution >= 0.6 is 0 Å². The van der Waals surface area contributed by atoms with Gasteiger partial charge in [-0.1, -0.05) is 84.2 Å². The zero-order valence-corrected chi connectivity index (χ0v) is 20.6. The summed E-state index contributed by atoms with van der Waals surface area (Å²) in [5.41, 5.74) is 6.55. The molecule has 2 heterocycles. The summed E-state index contributed by atoms with van der Waals surface area (Å²) in [5, 5.41) is 1.56. The molecule has 162 valence electrons. The summed E-state index contributed by atoms with van der Waals surface area (Å²) in [6.07, 6.45) is 8.95. The van der Waals surface area contributed by atoms with Crippen LogP contribution in [0.4, 0.5) is 0 Å². The van der Waals surface area contributed by atoms with E-state index in [2.05, 4.69) is 71.0 Å². The molecule has 30 heavy (non-hydrogen) atoms. The second-order valence-electron chi connectivity index (χ2n) is 10.1. The van der Waals surface area contributed by atoms with E-state index in [1.165, 1.54) is 61.0 Å². The van der Waals surface area contributed by atoms with Gasteiger partial charge in [0, 0.05) is 17.3 Å². The van der Waals surface area contributed by atoms with Gasteiger partial charge >= 0.3 is 0 Å². The lowest BCUT2D eigenvalue weighted by Gasteiger charge is -2.36. The maximum atomic E-state index is 7.25. The molecule has 0 bridgehead atoms. The molecule has 1 aliphatic carbocycles. The van der Waals surface area contributed by atoms with Crippen molar-refractivity contribution in [1.29, 1.82) is 0 Å². The average molecular weight is 422 g/mol. The van der Waals surface area contributed by atoms with E-state index in [0.29, 0.717) is 17.0 Å². The van der Waals surface area contributed by atoms with Crippen LogP contribution in [-0.4, -0.2) is 13.3 Å². The number of nitrogens with zero attached hydrogens (tertiary/aromatic N) is 1. The van der Waals surface area contributed by atoms with Crippen molar-refractivity contribution >= 4 is 13.5 Å². The van der Waals surface area contributed by atoms with Crippen LogP contribution in [0.15, 0.2) is 36.4 Å². The first-order chi connectivity index (χ1) is 14.5. The molecule has 0 saturated heterocycles. The van der Waals surface area contributed by atoms with Gasteiger partial charge in [0.2, 0.25) is 8.32 Å². The van der Waals surface area contributed by atoms with Crippen molar-refractivity contribution in [1.82, 2.24) is 4.98 Å². The van der Waals surface area contributed by atoms with Gasteiger partial charge in [0.05, 0.1) is 6.10 Å². The minimum atomic E-state index is -2.17. The summed E-state index contributed by atoms with van der Waals surface area (Å²) in [5.74, 6) is 0.677. The fourth-order valence-corrected chi connectivity index (χ4v) is 10.6. The fraction of sp³-hybridized carbons (Fsp3) is 0.593. The predicted octanol–water partition coefficient (Wildman–Crippen LogP) is 7.17. The third kappa shape index (κ3) is 3.91. The highest BCUT2D eigenvalue weighted by Gasteiger charge is 2.54. The molecule has 2 aliphatic rings. The van der Waals surface area contributed by atoms with Crippen molar-refractivity contribution in [2.75, 3.05) is 0 Å². The van der Waals surface area contributed by atoms with Gasteiger partial charge in [0.1, 0.15) is 0 Å². The van der Waals surface area contributed by atoms with Crippen molar-refractivity contribution in [2.45, 2.75) is 103 Å². The van der Waals surface area contributed by atoms with E-state index in [4.69, 9.17) is 9.41 Å². The van der Waals surface area contributed by atoms with E-state index >= 15 is 0 Å². The van der Waals surface area contributed by atoms with Gasteiger partial charge in [-0.2, -0.15) is 0 Å². The largest absolute Gasteiger partial charge is 0.401 e. The van der Waals surface area contributed by atoms with E-state index < -0.39 is 8.32 Å². The zero-order valence-electron chi connectivity index (χ0n) is 19.6. The Labute approximate surface area is 184 Å². The summed E-state index contributed by atoms with van der Waals surface area (Å²) in [4.78, 5) is 5.35. The first-order valence-corrected chi connectivity index (χ1v) is 14.3. The predicted molar refractivity (Wildman–Crippen MR) is 129 cm³/mol. The second-order valence-corrected chi connectivity index (χ2v) is 14.7. The van der Waals surface area contributed by atoms with E-state index in [1.54, 1.807) is 5.19 Å². The summed E-state index contributed by atoms with van der Waals surface area (Å²) < 4.78 is 7.25. The van der Waals surface area contributed by atoms with Gasteiger partial charge < -0.3 is 4.43 Å². The van der Waals surface area contributed by atoms with E-state index in [0.717, 1.165) is 6.42 Å².